The summed E-state index contributed by atoms with van der Waals surface area (Å²) >= 11 is 0. The molecule has 0 fully saturated rings. The molecule has 1 aromatic rings. The summed E-state index contributed by atoms with van der Waals surface area (Å²) in [6, 6.07) is 7.65. The molecule has 1 N–H and O–H groups in total. The van der Waals surface area contributed by atoms with Crippen LogP contribution in [0.3, 0.4) is 0 Å². The van der Waals surface area contributed by atoms with Crippen LogP contribution in [0.5, 0.6) is 5.75 Å². The summed E-state index contributed by atoms with van der Waals surface area (Å²) in [5.74, 6) is 6.64. The van der Waals surface area contributed by atoms with E-state index in [1.165, 1.54) is 0 Å². The zero-order chi connectivity index (χ0) is 10.2. The zero-order valence-electron chi connectivity index (χ0n) is 8.29. The number of hydrogen-bond donors (Lipinski definition) is 1. The van der Waals surface area contributed by atoms with Crippen LogP contribution < -0.4 is 4.74 Å². The van der Waals surface area contributed by atoms with E-state index in [0.29, 0.717) is 13.0 Å². The number of hydrogen-bond acceptors (Lipinski definition) is 2. The predicted molar refractivity (Wildman–Crippen MR) is 56.2 cm³/mol. The molecule has 0 aliphatic heterocycles. The molecule has 0 spiro atoms. The Morgan fingerprint density at radius 1 is 1.36 bits per heavy atom. The lowest BCUT2D eigenvalue weighted by atomic mass is 10.2. The SMILES string of the molecule is CCOc1ccccc1C#CCCO. The van der Waals surface area contributed by atoms with Gasteiger partial charge in [0.2, 0.25) is 0 Å². The van der Waals surface area contributed by atoms with Crippen molar-refractivity contribution >= 4 is 0 Å². The Kier molecular flexibility index (Phi) is 4.60. The Balaban J connectivity index is 2.80. The van der Waals surface area contributed by atoms with E-state index in [2.05, 4.69) is 11.8 Å². The van der Waals surface area contributed by atoms with Gasteiger partial charge in [-0.25, -0.2) is 0 Å². The summed E-state index contributed by atoms with van der Waals surface area (Å²) in [5, 5.41) is 8.58. The van der Waals surface area contributed by atoms with Crippen molar-refractivity contribution in [2.45, 2.75) is 13.3 Å². The van der Waals surface area contributed by atoms with Crippen molar-refractivity contribution in [3.8, 4) is 17.6 Å². The van der Waals surface area contributed by atoms with E-state index in [9.17, 15) is 0 Å². The molecular weight excluding hydrogens is 176 g/mol. The fraction of sp³-hybridized carbons (Fsp3) is 0.333. The van der Waals surface area contributed by atoms with Gasteiger partial charge in [0.15, 0.2) is 0 Å². The fourth-order valence-corrected chi connectivity index (χ4v) is 1.06. The standard InChI is InChI=1S/C12H14O2/c1-2-14-12-9-4-3-7-11(12)8-5-6-10-13/h3-4,7,9,13H,2,6,10H2,1H3. The van der Waals surface area contributed by atoms with Gasteiger partial charge < -0.3 is 9.84 Å². The number of rotatable bonds is 3. The van der Waals surface area contributed by atoms with Crippen LogP contribution in [0.25, 0.3) is 0 Å². The topological polar surface area (TPSA) is 29.5 Å². The molecular formula is C12H14O2. The summed E-state index contributed by atoms with van der Waals surface area (Å²) in [7, 11) is 0. The van der Waals surface area contributed by atoms with Crippen LogP contribution in [0.4, 0.5) is 0 Å². The Labute approximate surface area is 84.5 Å². The maximum Gasteiger partial charge on any atom is 0.134 e. The molecule has 2 heteroatoms. The Hall–Kier alpha value is -1.46. The second-order valence-electron chi connectivity index (χ2n) is 2.70. The van der Waals surface area contributed by atoms with Gasteiger partial charge in [0.1, 0.15) is 5.75 Å². The third kappa shape index (κ3) is 3.12. The quantitative estimate of drug-likeness (QED) is 0.737. The second-order valence-corrected chi connectivity index (χ2v) is 2.70. The highest BCUT2D eigenvalue weighted by molar-refractivity contribution is 5.45. The molecule has 0 heterocycles. The monoisotopic (exact) mass is 190 g/mol. The van der Waals surface area contributed by atoms with Gasteiger partial charge in [0, 0.05) is 6.42 Å². The first-order chi connectivity index (χ1) is 6.88. The predicted octanol–water partition coefficient (Wildman–Crippen LogP) is 1.82. The van der Waals surface area contributed by atoms with Crippen LogP contribution in [0.15, 0.2) is 24.3 Å². The van der Waals surface area contributed by atoms with Crippen LogP contribution >= 0.6 is 0 Å². The molecule has 2 nitrogen and oxygen atoms in total. The van der Waals surface area contributed by atoms with Crippen LogP contribution in [-0.4, -0.2) is 18.3 Å². The molecule has 0 unspecified atom stereocenters. The van der Waals surface area contributed by atoms with Gasteiger partial charge in [-0.3, -0.25) is 0 Å². The molecule has 1 aromatic carbocycles. The van der Waals surface area contributed by atoms with Gasteiger partial charge in [-0.1, -0.05) is 24.0 Å². The first kappa shape index (κ1) is 10.6. The van der Waals surface area contributed by atoms with Crippen molar-refractivity contribution in [1.82, 2.24) is 0 Å². The van der Waals surface area contributed by atoms with Gasteiger partial charge >= 0.3 is 0 Å². The summed E-state index contributed by atoms with van der Waals surface area (Å²) in [6.45, 7) is 2.68. The maximum absolute atomic E-state index is 8.58. The highest BCUT2D eigenvalue weighted by Gasteiger charge is 1.97. The Morgan fingerprint density at radius 3 is 2.86 bits per heavy atom. The zero-order valence-corrected chi connectivity index (χ0v) is 8.29. The lowest BCUT2D eigenvalue weighted by molar-refractivity contribution is 0.305. The molecule has 74 valence electrons. The van der Waals surface area contributed by atoms with Crippen molar-refractivity contribution in [2.75, 3.05) is 13.2 Å². The van der Waals surface area contributed by atoms with E-state index < -0.39 is 0 Å². The third-order valence-corrected chi connectivity index (χ3v) is 1.65. The van der Waals surface area contributed by atoms with Crippen LogP contribution in [0.2, 0.25) is 0 Å². The summed E-state index contributed by atoms with van der Waals surface area (Å²) in [5.41, 5.74) is 0.878. The van der Waals surface area contributed by atoms with Crippen molar-refractivity contribution < 1.29 is 9.84 Å². The van der Waals surface area contributed by atoms with Crippen LogP contribution in [0, 0.1) is 11.8 Å². The van der Waals surface area contributed by atoms with Crippen LogP contribution in [0.1, 0.15) is 18.9 Å². The summed E-state index contributed by atoms with van der Waals surface area (Å²) in [4.78, 5) is 0. The first-order valence-electron chi connectivity index (χ1n) is 4.70. The molecule has 1 rings (SSSR count). The molecule has 0 saturated carbocycles. The normalized spacial score (nSPS) is 9.00. The van der Waals surface area contributed by atoms with E-state index in [4.69, 9.17) is 9.84 Å². The molecule has 0 bridgehead atoms. The second kappa shape index (κ2) is 6.06. The Morgan fingerprint density at radius 2 is 2.14 bits per heavy atom. The van der Waals surface area contributed by atoms with Crippen molar-refractivity contribution in [3.05, 3.63) is 29.8 Å². The van der Waals surface area contributed by atoms with E-state index >= 15 is 0 Å². The summed E-state index contributed by atoms with van der Waals surface area (Å²) in [6.07, 6.45) is 0.500. The lowest BCUT2D eigenvalue weighted by Crippen LogP contribution is -1.93. The number of para-hydroxylation sites is 1. The minimum Gasteiger partial charge on any atom is -0.493 e. The van der Waals surface area contributed by atoms with E-state index in [1.807, 2.05) is 31.2 Å². The highest BCUT2D eigenvalue weighted by Crippen LogP contribution is 2.16. The van der Waals surface area contributed by atoms with Gasteiger partial charge in [-0.05, 0) is 19.1 Å². The fourth-order valence-electron chi connectivity index (χ4n) is 1.06. The van der Waals surface area contributed by atoms with Gasteiger partial charge in [-0.15, -0.1) is 0 Å². The largest absolute Gasteiger partial charge is 0.493 e. The van der Waals surface area contributed by atoms with E-state index in [0.717, 1.165) is 11.3 Å². The Bertz CT molecular complexity index is 334. The number of benzene rings is 1. The number of aliphatic hydroxyl groups is 1. The molecule has 0 aliphatic rings. The third-order valence-electron chi connectivity index (χ3n) is 1.65. The average molecular weight is 190 g/mol. The van der Waals surface area contributed by atoms with Gasteiger partial charge in [-0.2, -0.15) is 0 Å². The van der Waals surface area contributed by atoms with Crippen molar-refractivity contribution in [2.24, 2.45) is 0 Å². The van der Waals surface area contributed by atoms with Crippen LogP contribution in [-0.2, 0) is 0 Å². The summed E-state index contributed by atoms with van der Waals surface area (Å²) < 4.78 is 5.40. The number of aliphatic hydroxyl groups excluding tert-OH is 1. The first-order valence-corrected chi connectivity index (χ1v) is 4.70. The molecule has 0 radical (unpaired) electrons. The molecule has 0 aromatic heterocycles. The lowest BCUT2D eigenvalue weighted by Gasteiger charge is -2.04. The molecule has 0 aliphatic carbocycles. The minimum atomic E-state index is 0.101. The van der Waals surface area contributed by atoms with Crippen molar-refractivity contribution in [1.29, 1.82) is 0 Å². The van der Waals surface area contributed by atoms with E-state index in [1.54, 1.807) is 0 Å². The highest BCUT2D eigenvalue weighted by atomic mass is 16.5. The molecule has 14 heavy (non-hydrogen) atoms. The number of ether oxygens (including phenoxy) is 1. The van der Waals surface area contributed by atoms with E-state index in [-0.39, 0.29) is 6.61 Å². The van der Waals surface area contributed by atoms with Gasteiger partial charge in [0.05, 0.1) is 18.8 Å². The maximum atomic E-state index is 8.58. The molecule has 0 amide bonds. The average Bonchev–Trinajstić information content (AvgIpc) is 2.21. The minimum absolute atomic E-state index is 0.101. The molecule has 0 saturated heterocycles. The smallest absolute Gasteiger partial charge is 0.134 e. The molecule has 0 atom stereocenters. The van der Waals surface area contributed by atoms with Crippen molar-refractivity contribution in [3.63, 3.8) is 0 Å². The van der Waals surface area contributed by atoms with Gasteiger partial charge in [0.25, 0.3) is 0 Å².